The van der Waals surface area contributed by atoms with Crippen LogP contribution in [0.25, 0.3) is 22.0 Å². The van der Waals surface area contributed by atoms with Gasteiger partial charge in [0.1, 0.15) is 22.9 Å². The molecule has 0 saturated carbocycles. The van der Waals surface area contributed by atoms with Crippen molar-refractivity contribution in [1.82, 2.24) is 9.97 Å². The van der Waals surface area contributed by atoms with Crippen LogP contribution >= 0.6 is 0 Å². The van der Waals surface area contributed by atoms with Crippen molar-refractivity contribution in [3.05, 3.63) is 72.2 Å². The smallest absolute Gasteiger partial charge is 0.494 e. The first kappa shape index (κ1) is 23.9. The van der Waals surface area contributed by atoms with E-state index in [1.165, 1.54) is 12.1 Å². The van der Waals surface area contributed by atoms with E-state index in [4.69, 9.17) is 9.47 Å². The van der Waals surface area contributed by atoms with E-state index >= 15 is 0 Å². The zero-order valence-corrected chi connectivity index (χ0v) is 18.6. The topological polar surface area (TPSA) is 93.7 Å². The number of hydrogen-bond acceptors (Lipinski definition) is 5. The monoisotopic (exact) mass is 486 g/mol. The molecule has 0 aliphatic heterocycles. The van der Waals surface area contributed by atoms with Crippen molar-refractivity contribution in [3.8, 4) is 28.4 Å². The molecule has 2 N–H and O–H groups in total. The van der Waals surface area contributed by atoms with E-state index in [0.29, 0.717) is 34.6 Å². The molecular formula is C25H21F3N2O5. The minimum atomic E-state index is -4.78. The molecule has 0 spiro atoms. The van der Waals surface area contributed by atoms with Gasteiger partial charge in [0.25, 0.3) is 0 Å². The Bertz CT molecular complexity index is 1330. The van der Waals surface area contributed by atoms with Crippen molar-refractivity contribution < 1.29 is 37.3 Å². The largest absolute Gasteiger partial charge is 0.573 e. The van der Waals surface area contributed by atoms with Gasteiger partial charge in [-0.2, -0.15) is 0 Å². The third-order valence-corrected chi connectivity index (χ3v) is 5.17. The lowest BCUT2D eigenvalue weighted by atomic mass is 10.0. The molecule has 0 aliphatic rings. The molecule has 0 saturated heterocycles. The first-order chi connectivity index (χ1) is 16.7. The van der Waals surface area contributed by atoms with Crippen molar-refractivity contribution in [1.29, 1.82) is 0 Å². The molecular weight excluding hydrogens is 465 g/mol. The molecule has 2 aromatic heterocycles. The Morgan fingerprint density at radius 1 is 1.03 bits per heavy atom. The van der Waals surface area contributed by atoms with Crippen LogP contribution in [0.4, 0.5) is 13.2 Å². The number of benzene rings is 2. The lowest BCUT2D eigenvalue weighted by Gasteiger charge is -2.10. The summed E-state index contributed by atoms with van der Waals surface area (Å²) in [4.78, 5) is 19.2. The average molecular weight is 486 g/mol. The maximum atomic E-state index is 12.3. The van der Waals surface area contributed by atoms with Crippen molar-refractivity contribution >= 4 is 16.9 Å². The molecule has 10 heteroatoms. The normalized spacial score (nSPS) is 11.4. The number of carboxylic acids is 1. The number of aromatic carboxylic acids is 1. The van der Waals surface area contributed by atoms with Crippen LogP contribution in [0.15, 0.2) is 60.9 Å². The highest BCUT2D eigenvalue weighted by molar-refractivity contribution is 6.02. The Morgan fingerprint density at radius 2 is 1.77 bits per heavy atom. The quantitative estimate of drug-likeness (QED) is 0.308. The SMILES string of the molecule is CCOc1cccc(-c2cncc3c(CCOc4ccc(OC(F)(F)F)cc4)c(C(=O)O)[nH]c23)c1. The van der Waals surface area contributed by atoms with Crippen LogP contribution < -0.4 is 14.2 Å². The summed E-state index contributed by atoms with van der Waals surface area (Å²) in [7, 11) is 0. The molecule has 0 unspecified atom stereocenters. The van der Waals surface area contributed by atoms with Gasteiger partial charge in [-0.3, -0.25) is 4.98 Å². The average Bonchev–Trinajstić information content (AvgIpc) is 3.19. The number of pyridine rings is 1. The highest BCUT2D eigenvalue weighted by atomic mass is 19.4. The van der Waals surface area contributed by atoms with E-state index in [9.17, 15) is 23.1 Å². The van der Waals surface area contributed by atoms with Gasteiger partial charge in [0, 0.05) is 29.8 Å². The Balaban J connectivity index is 1.57. The van der Waals surface area contributed by atoms with Gasteiger partial charge < -0.3 is 24.3 Å². The Labute approximate surface area is 198 Å². The van der Waals surface area contributed by atoms with Gasteiger partial charge in [-0.05, 0) is 54.4 Å². The predicted octanol–water partition coefficient (Wildman–Crippen LogP) is 5.85. The van der Waals surface area contributed by atoms with E-state index in [-0.39, 0.29) is 24.5 Å². The van der Waals surface area contributed by atoms with Gasteiger partial charge in [0.05, 0.1) is 18.7 Å². The number of halogens is 3. The lowest BCUT2D eigenvalue weighted by Crippen LogP contribution is -2.17. The van der Waals surface area contributed by atoms with Gasteiger partial charge in [0.15, 0.2) is 0 Å². The summed E-state index contributed by atoms with van der Waals surface area (Å²) in [5.74, 6) is -0.476. The van der Waals surface area contributed by atoms with Crippen LogP contribution in [0.5, 0.6) is 17.2 Å². The summed E-state index contributed by atoms with van der Waals surface area (Å²) >= 11 is 0. The fraction of sp³-hybridized carbons (Fsp3) is 0.200. The second kappa shape index (κ2) is 9.96. The summed E-state index contributed by atoms with van der Waals surface area (Å²) in [5.41, 5.74) is 2.69. The van der Waals surface area contributed by atoms with E-state index < -0.39 is 12.3 Å². The second-order valence-electron chi connectivity index (χ2n) is 7.47. The minimum Gasteiger partial charge on any atom is -0.494 e. The lowest BCUT2D eigenvalue weighted by molar-refractivity contribution is -0.274. The zero-order chi connectivity index (χ0) is 25.0. The standard InChI is InChI=1S/C25H21F3N2O5/c1-2-33-18-5-3-4-15(12-18)20-13-29-14-21-19(23(24(31)32)30-22(20)21)10-11-34-16-6-8-17(9-7-16)35-25(26,27)28/h3-9,12-14,30H,2,10-11H2,1H3,(H,31,32). The molecule has 2 heterocycles. The molecule has 0 atom stereocenters. The Hall–Kier alpha value is -4.21. The molecule has 35 heavy (non-hydrogen) atoms. The number of rotatable bonds is 9. The molecule has 0 radical (unpaired) electrons. The summed E-state index contributed by atoms with van der Waals surface area (Å²) in [6, 6.07) is 12.4. The van der Waals surface area contributed by atoms with E-state index in [2.05, 4.69) is 14.7 Å². The zero-order valence-electron chi connectivity index (χ0n) is 18.6. The van der Waals surface area contributed by atoms with Crippen LogP contribution in [0.1, 0.15) is 23.0 Å². The van der Waals surface area contributed by atoms with Gasteiger partial charge in [-0.15, -0.1) is 13.2 Å². The highest BCUT2D eigenvalue weighted by Crippen LogP contribution is 2.33. The van der Waals surface area contributed by atoms with Crippen LogP contribution in [-0.2, 0) is 6.42 Å². The number of fused-ring (bicyclic) bond motifs is 1. The fourth-order valence-corrected chi connectivity index (χ4v) is 3.75. The number of aromatic amines is 1. The molecule has 4 rings (SSSR count). The molecule has 182 valence electrons. The predicted molar refractivity (Wildman–Crippen MR) is 122 cm³/mol. The first-order valence-corrected chi connectivity index (χ1v) is 10.7. The maximum Gasteiger partial charge on any atom is 0.573 e. The molecule has 0 aliphatic carbocycles. The molecule has 0 bridgehead atoms. The summed E-state index contributed by atoms with van der Waals surface area (Å²) in [6.45, 7) is 2.49. The highest BCUT2D eigenvalue weighted by Gasteiger charge is 2.31. The van der Waals surface area contributed by atoms with E-state index in [0.717, 1.165) is 23.3 Å². The maximum absolute atomic E-state index is 12.3. The Morgan fingerprint density at radius 3 is 2.46 bits per heavy atom. The van der Waals surface area contributed by atoms with Crippen molar-refractivity contribution in [2.45, 2.75) is 19.7 Å². The van der Waals surface area contributed by atoms with Crippen LogP contribution in [0.2, 0.25) is 0 Å². The summed E-state index contributed by atoms with van der Waals surface area (Å²) in [6.07, 6.45) is -1.30. The summed E-state index contributed by atoms with van der Waals surface area (Å²) < 4.78 is 52.0. The number of nitrogens with one attached hydrogen (secondary N) is 1. The number of H-pyrrole nitrogens is 1. The minimum absolute atomic E-state index is 0.0211. The van der Waals surface area contributed by atoms with Crippen molar-refractivity contribution in [2.24, 2.45) is 0 Å². The van der Waals surface area contributed by atoms with Crippen molar-refractivity contribution in [3.63, 3.8) is 0 Å². The number of hydrogen-bond donors (Lipinski definition) is 2. The number of ether oxygens (including phenoxy) is 3. The van der Waals surface area contributed by atoms with Gasteiger partial charge in [0.2, 0.25) is 0 Å². The molecule has 7 nitrogen and oxygen atoms in total. The molecule has 0 fully saturated rings. The van der Waals surface area contributed by atoms with Crippen molar-refractivity contribution in [2.75, 3.05) is 13.2 Å². The molecule has 2 aromatic carbocycles. The number of carbonyl (C=O) groups is 1. The number of nitrogens with zero attached hydrogens (tertiary/aromatic N) is 1. The van der Waals surface area contributed by atoms with Crippen LogP contribution in [-0.4, -0.2) is 40.6 Å². The fourth-order valence-electron chi connectivity index (χ4n) is 3.75. The number of alkyl halides is 3. The number of carboxylic acid groups (broad SMARTS) is 1. The second-order valence-corrected chi connectivity index (χ2v) is 7.47. The first-order valence-electron chi connectivity index (χ1n) is 10.7. The van der Waals surface area contributed by atoms with Gasteiger partial charge >= 0.3 is 12.3 Å². The summed E-state index contributed by atoms with van der Waals surface area (Å²) in [5, 5.41) is 10.4. The molecule has 4 aromatic rings. The van der Waals surface area contributed by atoms with Gasteiger partial charge in [-0.25, -0.2) is 4.79 Å². The molecule has 0 amide bonds. The van der Waals surface area contributed by atoms with Crippen LogP contribution in [0, 0.1) is 0 Å². The van der Waals surface area contributed by atoms with Gasteiger partial charge in [-0.1, -0.05) is 12.1 Å². The van der Waals surface area contributed by atoms with E-state index in [1.807, 2.05) is 31.2 Å². The van der Waals surface area contributed by atoms with Crippen LogP contribution in [0.3, 0.4) is 0 Å². The number of aromatic nitrogens is 2. The third kappa shape index (κ3) is 5.65. The third-order valence-electron chi connectivity index (χ3n) is 5.17. The Kier molecular flexibility index (Phi) is 6.81. The van der Waals surface area contributed by atoms with E-state index in [1.54, 1.807) is 12.4 Å².